The molecule has 0 spiro atoms. The highest BCUT2D eigenvalue weighted by Gasteiger charge is 2.26. The summed E-state index contributed by atoms with van der Waals surface area (Å²) in [7, 11) is 1.97. The van der Waals surface area contributed by atoms with Crippen LogP contribution in [0.3, 0.4) is 0 Å². The first-order valence-corrected chi connectivity index (χ1v) is 13.2. The Morgan fingerprint density at radius 3 is 2.11 bits per heavy atom. The van der Waals surface area contributed by atoms with Crippen LogP contribution in [0, 0.1) is 5.82 Å². The second-order valence-corrected chi connectivity index (χ2v) is 8.68. The molecule has 0 aromatic heterocycles. The lowest BCUT2D eigenvalue weighted by molar-refractivity contribution is 0.289. The van der Waals surface area contributed by atoms with E-state index < -0.39 is 0 Å². The molecular weight excluding hydrogens is 445 g/mol. The number of unbranched alkanes of at least 4 members (excludes halogenated alkanes) is 2. The molecule has 0 saturated carbocycles. The van der Waals surface area contributed by atoms with Gasteiger partial charge in [-0.15, -0.1) is 0 Å². The molecule has 0 fully saturated rings. The number of halogens is 1. The third-order valence-electron chi connectivity index (χ3n) is 6.05. The molecule has 2 aromatic carbocycles. The molecule has 4 heteroatoms. The zero-order valence-electron chi connectivity index (χ0n) is 23.6. The van der Waals surface area contributed by atoms with Gasteiger partial charge < -0.3 is 9.80 Å². The van der Waals surface area contributed by atoms with E-state index in [-0.39, 0.29) is 5.82 Å². The third-order valence-corrected chi connectivity index (χ3v) is 6.05. The van der Waals surface area contributed by atoms with E-state index in [1.807, 2.05) is 51.8 Å². The fourth-order valence-corrected chi connectivity index (χ4v) is 3.84. The number of benzene rings is 2. The minimum absolute atomic E-state index is 0.194. The zero-order valence-corrected chi connectivity index (χ0v) is 23.6. The lowest BCUT2D eigenvalue weighted by Gasteiger charge is -2.40. The molecule has 1 aliphatic heterocycles. The van der Waals surface area contributed by atoms with Crippen LogP contribution in [0.2, 0.25) is 0 Å². The fourth-order valence-electron chi connectivity index (χ4n) is 3.84. The Morgan fingerprint density at radius 2 is 1.56 bits per heavy atom. The third kappa shape index (κ3) is 9.14. The molecule has 0 bridgehead atoms. The lowest BCUT2D eigenvalue weighted by Crippen LogP contribution is -2.37. The smallest absolute Gasteiger partial charge is 0.138 e. The normalized spacial score (nSPS) is 13.7. The second kappa shape index (κ2) is 16.5. The average Bonchev–Trinajstić information content (AvgIpc) is 2.91. The van der Waals surface area contributed by atoms with Crippen molar-refractivity contribution >= 4 is 5.71 Å². The molecule has 0 atom stereocenters. The summed E-state index contributed by atoms with van der Waals surface area (Å²) < 4.78 is 13.9. The van der Waals surface area contributed by atoms with E-state index in [1.165, 1.54) is 24.5 Å². The van der Waals surface area contributed by atoms with Gasteiger partial charge in [-0.2, -0.15) is 0 Å². The van der Waals surface area contributed by atoms with Gasteiger partial charge in [0.1, 0.15) is 17.5 Å². The van der Waals surface area contributed by atoms with Crippen LogP contribution in [0.5, 0.6) is 0 Å². The summed E-state index contributed by atoms with van der Waals surface area (Å²) in [6.45, 7) is 21.7. The van der Waals surface area contributed by atoms with Crippen molar-refractivity contribution in [1.82, 2.24) is 9.80 Å². The molecule has 0 aliphatic carbocycles. The van der Waals surface area contributed by atoms with Crippen molar-refractivity contribution in [2.75, 3.05) is 13.6 Å². The predicted molar refractivity (Wildman–Crippen MR) is 155 cm³/mol. The Morgan fingerprint density at radius 1 is 0.944 bits per heavy atom. The molecule has 0 N–H and O–H groups in total. The molecular formula is C32H46FN3. The van der Waals surface area contributed by atoms with E-state index in [2.05, 4.69) is 56.2 Å². The van der Waals surface area contributed by atoms with Gasteiger partial charge in [0.25, 0.3) is 0 Å². The van der Waals surface area contributed by atoms with E-state index >= 15 is 0 Å². The summed E-state index contributed by atoms with van der Waals surface area (Å²) in [5.74, 6) is 1.52. The quantitative estimate of drug-likeness (QED) is 0.271. The Hall–Kier alpha value is -3.14. The predicted octanol–water partition coefficient (Wildman–Crippen LogP) is 8.76. The maximum atomic E-state index is 13.9. The number of hydrogen-bond acceptors (Lipinski definition) is 3. The average molecular weight is 492 g/mol. The van der Waals surface area contributed by atoms with Crippen LogP contribution in [-0.2, 0) is 12.8 Å². The van der Waals surface area contributed by atoms with Crippen molar-refractivity contribution in [3.63, 3.8) is 0 Å². The SMILES string of the molecule is C=C1C(C)=C(/N=C(\C)Cc2ccccc2F)N(C)C(=C)N1CCCCC.CC.CCc1ccccc1. The minimum atomic E-state index is -0.194. The summed E-state index contributed by atoms with van der Waals surface area (Å²) in [5, 5.41) is 0. The van der Waals surface area contributed by atoms with Crippen molar-refractivity contribution in [3.8, 4) is 0 Å². The van der Waals surface area contributed by atoms with Crippen molar-refractivity contribution < 1.29 is 4.39 Å². The van der Waals surface area contributed by atoms with Crippen LogP contribution in [-0.4, -0.2) is 29.1 Å². The van der Waals surface area contributed by atoms with Gasteiger partial charge in [0.05, 0.1) is 0 Å². The van der Waals surface area contributed by atoms with Gasteiger partial charge in [-0.05, 0) is 43.9 Å². The Labute approximate surface area is 219 Å². The molecule has 196 valence electrons. The lowest BCUT2D eigenvalue weighted by atomic mass is 10.1. The first-order chi connectivity index (χ1) is 17.3. The summed E-state index contributed by atoms with van der Waals surface area (Å²) in [4.78, 5) is 8.94. The largest absolute Gasteiger partial charge is 0.328 e. The van der Waals surface area contributed by atoms with Crippen LogP contribution < -0.4 is 0 Å². The minimum Gasteiger partial charge on any atom is -0.328 e. The van der Waals surface area contributed by atoms with Gasteiger partial charge >= 0.3 is 0 Å². The van der Waals surface area contributed by atoms with Gasteiger partial charge in [0, 0.05) is 37.0 Å². The van der Waals surface area contributed by atoms with E-state index in [0.29, 0.717) is 12.0 Å². The topological polar surface area (TPSA) is 18.8 Å². The highest BCUT2D eigenvalue weighted by Crippen LogP contribution is 2.32. The van der Waals surface area contributed by atoms with Crippen LogP contribution >= 0.6 is 0 Å². The summed E-state index contributed by atoms with van der Waals surface area (Å²) in [6, 6.07) is 17.3. The number of aliphatic imine (C=N–C) groups is 1. The first kappa shape index (κ1) is 30.9. The summed E-state index contributed by atoms with van der Waals surface area (Å²) in [6.07, 6.45) is 5.11. The van der Waals surface area contributed by atoms with Crippen molar-refractivity contribution in [3.05, 3.63) is 108 Å². The fraction of sp³-hybridized carbons (Fsp3) is 0.406. The van der Waals surface area contributed by atoms with Gasteiger partial charge in [-0.1, -0.05) is 102 Å². The van der Waals surface area contributed by atoms with Crippen LogP contribution in [0.1, 0.15) is 71.9 Å². The zero-order chi connectivity index (χ0) is 27.1. The molecule has 0 amide bonds. The van der Waals surface area contributed by atoms with Crippen molar-refractivity contribution in [1.29, 1.82) is 0 Å². The van der Waals surface area contributed by atoms with E-state index in [4.69, 9.17) is 4.99 Å². The van der Waals surface area contributed by atoms with Gasteiger partial charge in [-0.3, -0.25) is 0 Å². The van der Waals surface area contributed by atoms with E-state index in [1.54, 1.807) is 12.1 Å². The number of allylic oxidation sites excluding steroid dienone is 1. The van der Waals surface area contributed by atoms with Crippen molar-refractivity contribution in [2.45, 2.75) is 73.6 Å². The molecule has 1 heterocycles. The second-order valence-electron chi connectivity index (χ2n) is 8.68. The highest BCUT2D eigenvalue weighted by molar-refractivity contribution is 5.85. The Balaban J connectivity index is 0.000000543. The number of nitrogens with zero attached hydrogens (tertiary/aromatic N) is 3. The monoisotopic (exact) mass is 491 g/mol. The van der Waals surface area contributed by atoms with Gasteiger partial charge in [0.2, 0.25) is 0 Å². The van der Waals surface area contributed by atoms with Crippen LogP contribution in [0.25, 0.3) is 0 Å². The molecule has 1 aliphatic rings. The number of hydrogen-bond donors (Lipinski definition) is 0. The number of rotatable bonds is 8. The number of aryl methyl sites for hydroxylation is 1. The summed E-state index contributed by atoms with van der Waals surface area (Å²) in [5.41, 5.74) is 4.90. The molecule has 0 saturated heterocycles. The summed E-state index contributed by atoms with van der Waals surface area (Å²) >= 11 is 0. The molecule has 3 nitrogen and oxygen atoms in total. The van der Waals surface area contributed by atoms with Crippen LogP contribution in [0.15, 0.2) is 95.7 Å². The standard InChI is InChI=1S/C22H30FN3.C8H10.C2H6/c1-7-8-11-14-26-18(4)17(3)22(25(6)19(26)5)24-16(2)15-20-12-9-10-13-21(20)23;1-2-8-6-4-3-5-7-8;1-2/h9-10,12-13H,4-5,7-8,11,14-15H2,1-3,6H3;3-7H,2H2,1H3;1-2H3/b24-16+;;. The molecule has 0 radical (unpaired) electrons. The highest BCUT2D eigenvalue weighted by atomic mass is 19.1. The molecule has 0 unspecified atom stereocenters. The first-order valence-electron chi connectivity index (χ1n) is 13.2. The Bertz CT molecular complexity index is 1020. The van der Waals surface area contributed by atoms with Gasteiger partial charge in [0.15, 0.2) is 0 Å². The van der Waals surface area contributed by atoms with E-state index in [0.717, 1.165) is 48.0 Å². The van der Waals surface area contributed by atoms with E-state index in [9.17, 15) is 4.39 Å². The molecule has 2 aromatic rings. The van der Waals surface area contributed by atoms with Crippen molar-refractivity contribution in [2.24, 2.45) is 4.99 Å². The van der Waals surface area contributed by atoms with Gasteiger partial charge in [-0.25, -0.2) is 9.38 Å². The molecule has 3 rings (SSSR count). The molecule has 36 heavy (non-hydrogen) atoms. The Kier molecular flexibility index (Phi) is 14.2. The maximum Gasteiger partial charge on any atom is 0.138 e. The van der Waals surface area contributed by atoms with Crippen LogP contribution in [0.4, 0.5) is 4.39 Å². The maximum absolute atomic E-state index is 13.9.